The van der Waals surface area contributed by atoms with Gasteiger partial charge in [0.1, 0.15) is 5.67 Å². The van der Waals surface area contributed by atoms with Crippen molar-refractivity contribution in [1.82, 2.24) is 4.90 Å². The van der Waals surface area contributed by atoms with E-state index in [-0.39, 0.29) is 11.4 Å². The first kappa shape index (κ1) is 16.7. The van der Waals surface area contributed by atoms with Gasteiger partial charge in [0.25, 0.3) is 0 Å². The highest BCUT2D eigenvalue weighted by Crippen LogP contribution is 2.25. The number of hydrogen-bond acceptors (Lipinski definition) is 3. The van der Waals surface area contributed by atoms with Crippen molar-refractivity contribution in [1.29, 1.82) is 0 Å². The van der Waals surface area contributed by atoms with Crippen LogP contribution in [0, 0.1) is 6.92 Å². The first-order valence-electron chi connectivity index (χ1n) is 7.14. The molecule has 0 spiro atoms. The van der Waals surface area contributed by atoms with Crippen molar-refractivity contribution >= 4 is 21.6 Å². The van der Waals surface area contributed by atoms with E-state index < -0.39 is 21.5 Å². The van der Waals surface area contributed by atoms with Crippen LogP contribution in [0.2, 0.25) is 0 Å². The Hall–Kier alpha value is -1.63. The summed E-state index contributed by atoms with van der Waals surface area (Å²) in [5, 5.41) is 2.64. The highest BCUT2D eigenvalue weighted by molar-refractivity contribution is 7.90. The van der Waals surface area contributed by atoms with Crippen molar-refractivity contribution in [2.24, 2.45) is 0 Å². The Kier molecular flexibility index (Phi) is 4.47. The summed E-state index contributed by atoms with van der Waals surface area (Å²) in [6, 6.07) is 4.30. The van der Waals surface area contributed by atoms with Crippen molar-refractivity contribution in [2.45, 2.75) is 37.3 Å². The molecule has 1 fully saturated rings. The third-order valence-corrected chi connectivity index (χ3v) is 5.01. The molecule has 0 bridgehead atoms. The SMILES string of the molecule is Cc1ccc(NC(=O)N2CCC[C@](C)(F)C2)cc1S(C)(=O)=O. The number of anilines is 1. The Morgan fingerprint density at radius 2 is 2.09 bits per heavy atom. The summed E-state index contributed by atoms with van der Waals surface area (Å²) in [5.41, 5.74) is -0.363. The van der Waals surface area contributed by atoms with Crippen LogP contribution in [0.4, 0.5) is 14.9 Å². The molecule has 1 aromatic rings. The normalized spacial score (nSPS) is 22.5. The van der Waals surface area contributed by atoms with Crippen LogP contribution in [0.3, 0.4) is 0 Å². The maximum atomic E-state index is 14.0. The Balaban J connectivity index is 2.16. The fraction of sp³-hybridized carbons (Fsp3) is 0.533. The molecule has 2 rings (SSSR count). The van der Waals surface area contributed by atoms with Crippen LogP contribution in [0.25, 0.3) is 0 Å². The van der Waals surface area contributed by atoms with Crippen molar-refractivity contribution in [3.05, 3.63) is 23.8 Å². The van der Waals surface area contributed by atoms with Crippen LogP contribution in [-0.4, -0.2) is 44.4 Å². The molecule has 1 N–H and O–H groups in total. The van der Waals surface area contributed by atoms with Gasteiger partial charge in [-0.05, 0) is 44.4 Å². The zero-order valence-corrected chi connectivity index (χ0v) is 13.8. The second kappa shape index (κ2) is 5.87. The number of nitrogens with one attached hydrogen (secondary N) is 1. The summed E-state index contributed by atoms with van der Waals surface area (Å²) in [6.45, 7) is 3.72. The lowest BCUT2D eigenvalue weighted by atomic mass is 9.97. The third-order valence-electron chi connectivity index (χ3n) is 3.77. The van der Waals surface area contributed by atoms with Crippen LogP contribution in [0.5, 0.6) is 0 Å². The number of piperidine rings is 1. The highest BCUT2D eigenvalue weighted by atomic mass is 32.2. The van der Waals surface area contributed by atoms with E-state index in [0.29, 0.717) is 30.6 Å². The minimum atomic E-state index is -3.36. The lowest BCUT2D eigenvalue weighted by molar-refractivity contribution is 0.0808. The molecule has 2 amide bonds. The topological polar surface area (TPSA) is 66.5 Å². The predicted octanol–water partition coefficient (Wildman–Crippen LogP) is 2.75. The van der Waals surface area contributed by atoms with Crippen LogP contribution < -0.4 is 5.32 Å². The van der Waals surface area contributed by atoms with Gasteiger partial charge in [-0.25, -0.2) is 17.6 Å². The molecule has 0 unspecified atom stereocenters. The maximum Gasteiger partial charge on any atom is 0.321 e. The molecule has 0 aliphatic carbocycles. The number of carbonyl (C=O) groups is 1. The van der Waals surface area contributed by atoms with Gasteiger partial charge in [0.15, 0.2) is 9.84 Å². The van der Waals surface area contributed by atoms with Gasteiger partial charge in [0, 0.05) is 18.5 Å². The molecule has 1 saturated heterocycles. The van der Waals surface area contributed by atoms with Gasteiger partial charge in [-0.1, -0.05) is 6.07 Å². The summed E-state index contributed by atoms with van der Waals surface area (Å²) < 4.78 is 37.4. The molecule has 22 heavy (non-hydrogen) atoms. The molecule has 1 aromatic carbocycles. The van der Waals surface area contributed by atoms with E-state index >= 15 is 0 Å². The maximum absolute atomic E-state index is 14.0. The van der Waals surface area contributed by atoms with Gasteiger partial charge in [-0.2, -0.15) is 0 Å². The summed E-state index contributed by atoms with van der Waals surface area (Å²) in [7, 11) is -3.36. The number of sulfone groups is 1. The lowest BCUT2D eigenvalue weighted by Gasteiger charge is -2.35. The van der Waals surface area contributed by atoms with Crippen molar-refractivity contribution < 1.29 is 17.6 Å². The van der Waals surface area contributed by atoms with Crippen molar-refractivity contribution in [2.75, 3.05) is 24.7 Å². The summed E-state index contributed by atoms with van der Waals surface area (Å²) in [4.78, 5) is 13.8. The quantitative estimate of drug-likeness (QED) is 0.908. The number of alkyl halides is 1. The monoisotopic (exact) mass is 328 g/mol. The standard InChI is InChI=1S/C15H21FN2O3S/c1-11-5-6-12(9-13(11)22(3,20)21)17-14(19)18-8-4-7-15(2,16)10-18/h5-6,9H,4,7-8,10H2,1-3H3,(H,17,19)/t15-/m0/s1. The number of hydrogen-bond donors (Lipinski definition) is 1. The second-order valence-electron chi connectivity index (χ2n) is 6.12. The molecular weight excluding hydrogens is 307 g/mol. The van der Waals surface area contributed by atoms with Gasteiger partial charge < -0.3 is 10.2 Å². The number of likely N-dealkylation sites (tertiary alicyclic amines) is 1. The largest absolute Gasteiger partial charge is 0.321 e. The molecule has 0 aromatic heterocycles. The molecule has 1 atom stereocenters. The van der Waals surface area contributed by atoms with Gasteiger partial charge >= 0.3 is 6.03 Å². The minimum Gasteiger partial charge on any atom is -0.321 e. The van der Waals surface area contributed by atoms with Crippen LogP contribution >= 0.6 is 0 Å². The van der Waals surface area contributed by atoms with Gasteiger partial charge in [0.2, 0.25) is 0 Å². The minimum absolute atomic E-state index is 0.0453. The number of aryl methyl sites for hydroxylation is 1. The zero-order valence-electron chi connectivity index (χ0n) is 13.0. The Morgan fingerprint density at radius 1 is 1.41 bits per heavy atom. The zero-order chi connectivity index (χ0) is 16.5. The fourth-order valence-electron chi connectivity index (χ4n) is 2.65. The fourth-order valence-corrected chi connectivity index (χ4v) is 3.64. The van der Waals surface area contributed by atoms with Crippen LogP contribution in [0.15, 0.2) is 23.1 Å². The Labute approximate surface area is 130 Å². The summed E-state index contributed by atoms with van der Waals surface area (Å²) in [6.07, 6.45) is 2.18. The Bertz CT molecular complexity index is 686. The third kappa shape index (κ3) is 3.97. The lowest BCUT2D eigenvalue weighted by Crippen LogP contribution is -2.47. The number of urea groups is 1. The highest BCUT2D eigenvalue weighted by Gasteiger charge is 2.32. The van der Waals surface area contributed by atoms with E-state index in [1.807, 2.05) is 0 Å². The first-order chi connectivity index (χ1) is 10.1. The van der Waals surface area contributed by atoms with Crippen molar-refractivity contribution in [3.8, 4) is 0 Å². The van der Waals surface area contributed by atoms with E-state index in [1.54, 1.807) is 19.1 Å². The summed E-state index contributed by atoms with van der Waals surface area (Å²) in [5.74, 6) is 0. The molecular formula is C15H21FN2O3S. The number of carbonyl (C=O) groups excluding carboxylic acids is 1. The van der Waals surface area contributed by atoms with Gasteiger partial charge in [-0.15, -0.1) is 0 Å². The molecule has 7 heteroatoms. The Morgan fingerprint density at radius 3 is 2.68 bits per heavy atom. The molecule has 1 aliphatic heterocycles. The van der Waals surface area contributed by atoms with E-state index in [2.05, 4.69) is 5.32 Å². The average molecular weight is 328 g/mol. The number of amides is 2. The molecule has 1 heterocycles. The van der Waals surface area contributed by atoms with Gasteiger partial charge in [0.05, 0.1) is 11.4 Å². The number of nitrogens with zero attached hydrogens (tertiary/aromatic N) is 1. The molecule has 122 valence electrons. The average Bonchev–Trinajstić information content (AvgIpc) is 2.38. The molecule has 0 radical (unpaired) electrons. The van der Waals surface area contributed by atoms with E-state index in [4.69, 9.17) is 0 Å². The van der Waals surface area contributed by atoms with Crippen LogP contribution in [-0.2, 0) is 9.84 Å². The van der Waals surface area contributed by atoms with Gasteiger partial charge in [-0.3, -0.25) is 0 Å². The number of halogens is 1. The summed E-state index contributed by atoms with van der Waals surface area (Å²) >= 11 is 0. The van der Waals surface area contributed by atoms with E-state index in [1.165, 1.54) is 17.9 Å². The molecule has 5 nitrogen and oxygen atoms in total. The number of rotatable bonds is 2. The van der Waals surface area contributed by atoms with E-state index in [0.717, 1.165) is 6.26 Å². The molecule has 1 aliphatic rings. The smallest absolute Gasteiger partial charge is 0.321 e. The number of benzene rings is 1. The molecule has 0 saturated carbocycles. The van der Waals surface area contributed by atoms with Crippen molar-refractivity contribution in [3.63, 3.8) is 0 Å². The first-order valence-corrected chi connectivity index (χ1v) is 9.03. The second-order valence-corrected chi connectivity index (χ2v) is 8.11. The van der Waals surface area contributed by atoms with Crippen LogP contribution in [0.1, 0.15) is 25.3 Å². The van der Waals surface area contributed by atoms with E-state index in [9.17, 15) is 17.6 Å². The predicted molar refractivity (Wildman–Crippen MR) is 83.6 cm³/mol.